The van der Waals surface area contributed by atoms with Crippen LogP contribution in [0, 0.1) is 0 Å². The Bertz CT molecular complexity index is 64.5. The predicted octanol–water partition coefficient (Wildman–Crippen LogP) is 0.213. The second kappa shape index (κ2) is 1.46. The Labute approximate surface area is 44.5 Å². The monoisotopic (exact) mass is 100 g/mol. The van der Waals surface area contributed by atoms with Gasteiger partial charge in [-0.05, 0) is 13.8 Å². The van der Waals surface area contributed by atoms with Crippen molar-refractivity contribution in [3.05, 3.63) is 0 Å². The third-order valence-corrected chi connectivity index (χ3v) is 1.74. The molecule has 0 radical (unpaired) electrons. The van der Waals surface area contributed by atoms with Gasteiger partial charge in [-0.15, -0.1) is 0 Å². The Hall–Kier alpha value is -0.0800. The molecule has 7 heavy (non-hydrogen) atoms. The van der Waals surface area contributed by atoms with Gasteiger partial charge in [0, 0.05) is 19.1 Å². The molecule has 2 atom stereocenters. The summed E-state index contributed by atoms with van der Waals surface area (Å²) in [6.07, 6.45) is 0. The van der Waals surface area contributed by atoms with Crippen LogP contribution in [0.3, 0.4) is 0 Å². The summed E-state index contributed by atoms with van der Waals surface area (Å²) in [6, 6.07) is 1.41. The summed E-state index contributed by atoms with van der Waals surface area (Å²) in [5.41, 5.74) is 3.19. The normalized spacial score (nSPS) is 43.3. The molecule has 0 bridgehead atoms. The van der Waals surface area contributed by atoms with E-state index in [4.69, 9.17) is 0 Å². The lowest BCUT2D eigenvalue weighted by atomic mass is 10.1. The van der Waals surface area contributed by atoms with Crippen LogP contribution < -0.4 is 5.43 Å². The highest BCUT2D eigenvalue weighted by atomic mass is 15.6. The molecule has 0 aromatic heterocycles. The molecule has 0 amide bonds. The molecular weight excluding hydrogens is 88.1 g/mol. The van der Waals surface area contributed by atoms with E-state index in [0.29, 0.717) is 6.04 Å². The number of likely N-dealkylation sites (N-methyl/N-ethyl adjacent to an activating group) is 1. The minimum absolute atomic E-state index is 0.685. The topological polar surface area (TPSA) is 15.3 Å². The van der Waals surface area contributed by atoms with Gasteiger partial charge in [0.25, 0.3) is 0 Å². The molecule has 0 aliphatic carbocycles. The average Bonchev–Trinajstić information content (AvgIpc) is 1.68. The van der Waals surface area contributed by atoms with Gasteiger partial charge in [0.1, 0.15) is 0 Å². The number of rotatable bonds is 0. The van der Waals surface area contributed by atoms with Crippen LogP contribution in [0.4, 0.5) is 0 Å². The molecule has 0 saturated carbocycles. The lowest BCUT2D eigenvalue weighted by molar-refractivity contribution is 0.0155. The summed E-state index contributed by atoms with van der Waals surface area (Å²) < 4.78 is 0. The molecule has 1 aliphatic rings. The van der Waals surface area contributed by atoms with Crippen LogP contribution in [0.1, 0.15) is 13.8 Å². The van der Waals surface area contributed by atoms with Crippen LogP contribution in [0.25, 0.3) is 0 Å². The molecule has 42 valence electrons. The largest absolute Gasteiger partial charge is 0.251 e. The molecule has 0 spiro atoms. The molecule has 1 saturated heterocycles. The molecule has 1 heterocycles. The van der Waals surface area contributed by atoms with Crippen molar-refractivity contribution in [1.82, 2.24) is 10.4 Å². The van der Waals surface area contributed by atoms with Gasteiger partial charge in [-0.3, -0.25) is 5.43 Å². The van der Waals surface area contributed by atoms with Crippen molar-refractivity contribution in [3.63, 3.8) is 0 Å². The Morgan fingerprint density at radius 3 is 2.00 bits per heavy atom. The summed E-state index contributed by atoms with van der Waals surface area (Å²) >= 11 is 0. The smallest absolute Gasteiger partial charge is 0.0376 e. The van der Waals surface area contributed by atoms with Crippen molar-refractivity contribution in [3.8, 4) is 0 Å². The van der Waals surface area contributed by atoms with Crippen LogP contribution in [-0.2, 0) is 0 Å². The van der Waals surface area contributed by atoms with E-state index in [0.717, 1.165) is 6.04 Å². The van der Waals surface area contributed by atoms with Gasteiger partial charge in [0.15, 0.2) is 0 Å². The van der Waals surface area contributed by atoms with Crippen molar-refractivity contribution < 1.29 is 0 Å². The summed E-state index contributed by atoms with van der Waals surface area (Å²) in [5, 5.41) is 2.12. The van der Waals surface area contributed by atoms with E-state index in [2.05, 4.69) is 31.3 Å². The first-order chi connectivity index (χ1) is 3.22. The van der Waals surface area contributed by atoms with Gasteiger partial charge in [-0.25, -0.2) is 5.01 Å². The number of hydrogen-bond donors (Lipinski definition) is 1. The van der Waals surface area contributed by atoms with E-state index in [-0.39, 0.29) is 0 Å². The van der Waals surface area contributed by atoms with Crippen molar-refractivity contribution in [2.24, 2.45) is 0 Å². The second-order valence-electron chi connectivity index (χ2n) is 2.27. The standard InChI is InChI=1S/C5H12N2/c1-4-5(2)7(3)6-4/h4-6H,1-3H3/t4-,5?/m1/s1. The third kappa shape index (κ3) is 0.640. The summed E-state index contributed by atoms with van der Waals surface area (Å²) in [5.74, 6) is 0. The number of hydrazine groups is 1. The highest BCUT2D eigenvalue weighted by Gasteiger charge is 2.26. The Morgan fingerprint density at radius 2 is 2.00 bits per heavy atom. The lowest BCUT2D eigenvalue weighted by Crippen LogP contribution is -2.64. The first-order valence-electron chi connectivity index (χ1n) is 2.71. The highest BCUT2D eigenvalue weighted by molar-refractivity contribution is 4.81. The first kappa shape index (κ1) is 5.06. The fourth-order valence-corrected chi connectivity index (χ4v) is 0.800. The molecule has 1 aliphatic heterocycles. The van der Waals surface area contributed by atoms with Gasteiger partial charge in [0.2, 0.25) is 0 Å². The lowest BCUT2D eigenvalue weighted by Gasteiger charge is -2.43. The molecule has 2 heteroatoms. The highest BCUT2D eigenvalue weighted by Crippen LogP contribution is 2.08. The van der Waals surface area contributed by atoms with Gasteiger partial charge < -0.3 is 0 Å². The first-order valence-corrected chi connectivity index (χ1v) is 2.71. The minimum atomic E-state index is 0.685. The molecule has 2 nitrogen and oxygen atoms in total. The molecule has 1 rings (SSSR count). The summed E-state index contributed by atoms with van der Waals surface area (Å²) in [7, 11) is 2.06. The van der Waals surface area contributed by atoms with Crippen molar-refractivity contribution in [2.45, 2.75) is 25.9 Å². The van der Waals surface area contributed by atoms with Crippen LogP contribution in [-0.4, -0.2) is 24.1 Å². The summed E-state index contributed by atoms with van der Waals surface area (Å²) in [6.45, 7) is 4.39. The molecule has 1 unspecified atom stereocenters. The predicted molar refractivity (Wildman–Crippen MR) is 29.8 cm³/mol. The molecule has 0 aromatic carbocycles. The van der Waals surface area contributed by atoms with Gasteiger partial charge in [0.05, 0.1) is 0 Å². The molecular formula is C5H12N2. The van der Waals surface area contributed by atoms with E-state index < -0.39 is 0 Å². The SMILES string of the molecule is CC1[C@@H](C)NN1C. The van der Waals surface area contributed by atoms with E-state index in [1.54, 1.807) is 0 Å². The zero-order chi connectivity index (χ0) is 5.44. The number of hydrogen-bond acceptors (Lipinski definition) is 2. The zero-order valence-electron chi connectivity index (χ0n) is 5.10. The van der Waals surface area contributed by atoms with Gasteiger partial charge in [-0.1, -0.05) is 0 Å². The molecule has 1 N–H and O–H groups in total. The van der Waals surface area contributed by atoms with Crippen molar-refractivity contribution >= 4 is 0 Å². The van der Waals surface area contributed by atoms with Crippen molar-refractivity contribution in [1.29, 1.82) is 0 Å². The second-order valence-corrected chi connectivity index (χ2v) is 2.27. The van der Waals surface area contributed by atoms with E-state index in [9.17, 15) is 0 Å². The quantitative estimate of drug-likeness (QED) is 0.468. The van der Waals surface area contributed by atoms with Crippen LogP contribution in [0.5, 0.6) is 0 Å². The Balaban J connectivity index is 2.29. The Kier molecular flexibility index (Phi) is 1.05. The maximum absolute atomic E-state index is 3.19. The van der Waals surface area contributed by atoms with Crippen LogP contribution in [0.15, 0.2) is 0 Å². The number of nitrogens with one attached hydrogen (secondary N) is 1. The van der Waals surface area contributed by atoms with Crippen LogP contribution in [0.2, 0.25) is 0 Å². The summed E-state index contributed by atoms with van der Waals surface area (Å²) in [4.78, 5) is 0. The molecule has 0 aromatic rings. The van der Waals surface area contributed by atoms with Gasteiger partial charge >= 0.3 is 0 Å². The molecule has 1 fully saturated rings. The van der Waals surface area contributed by atoms with Gasteiger partial charge in [-0.2, -0.15) is 0 Å². The maximum atomic E-state index is 3.19. The van der Waals surface area contributed by atoms with E-state index in [1.807, 2.05) is 0 Å². The van der Waals surface area contributed by atoms with E-state index >= 15 is 0 Å². The fourth-order valence-electron chi connectivity index (χ4n) is 0.800. The number of nitrogens with zero attached hydrogens (tertiary/aromatic N) is 1. The fraction of sp³-hybridized carbons (Fsp3) is 1.00. The third-order valence-electron chi connectivity index (χ3n) is 1.74. The van der Waals surface area contributed by atoms with E-state index in [1.165, 1.54) is 0 Å². The average molecular weight is 100 g/mol. The van der Waals surface area contributed by atoms with Crippen LogP contribution >= 0.6 is 0 Å². The van der Waals surface area contributed by atoms with Crippen molar-refractivity contribution in [2.75, 3.05) is 7.05 Å². The maximum Gasteiger partial charge on any atom is 0.0376 e. The minimum Gasteiger partial charge on any atom is -0.251 e. The Morgan fingerprint density at radius 1 is 1.43 bits per heavy atom. The zero-order valence-corrected chi connectivity index (χ0v) is 5.10.